The molecule has 2 heterocycles. The van der Waals surface area contributed by atoms with Gasteiger partial charge in [-0.1, -0.05) is 18.2 Å². The summed E-state index contributed by atoms with van der Waals surface area (Å²) in [6.07, 6.45) is 3.04. The second kappa shape index (κ2) is 6.92. The molecule has 0 aliphatic heterocycles. The molecule has 4 rings (SSSR count). The van der Waals surface area contributed by atoms with Crippen LogP contribution in [0.3, 0.4) is 0 Å². The number of para-hydroxylation sites is 1. The molecule has 0 unspecified atom stereocenters. The number of aromatic amines is 2. The highest BCUT2D eigenvalue weighted by molar-refractivity contribution is 6.13. The topological polar surface area (TPSA) is 127 Å². The number of fused-ring (bicyclic) bond motifs is 2. The number of hydrogen-bond acceptors (Lipinski definition) is 4. The number of carbonyl (C=O) groups is 3. The van der Waals surface area contributed by atoms with Gasteiger partial charge in [0.1, 0.15) is 5.75 Å². The third-order valence-electron chi connectivity index (χ3n) is 4.44. The van der Waals surface area contributed by atoms with Gasteiger partial charge in [0.2, 0.25) is 0 Å². The molecule has 0 saturated carbocycles. The zero-order valence-corrected chi connectivity index (χ0v) is 14.6. The number of rotatable bonds is 4. The fraction of sp³-hybridized carbons (Fsp3) is 0.0500. The van der Waals surface area contributed by atoms with Crippen LogP contribution in [0.25, 0.3) is 21.8 Å². The Kier molecular flexibility index (Phi) is 4.29. The van der Waals surface area contributed by atoms with E-state index in [0.717, 1.165) is 10.9 Å². The number of aromatic nitrogens is 2. The second-order valence-electron chi connectivity index (χ2n) is 6.24. The Bertz CT molecular complexity index is 1220. The molecule has 4 aromatic rings. The van der Waals surface area contributed by atoms with Gasteiger partial charge < -0.3 is 20.4 Å². The first-order valence-corrected chi connectivity index (χ1v) is 8.51. The number of imide groups is 1. The van der Waals surface area contributed by atoms with Crippen LogP contribution in [-0.2, 0) is 0 Å². The molecule has 0 aliphatic carbocycles. The van der Waals surface area contributed by atoms with E-state index in [1.807, 2.05) is 24.3 Å². The number of carbonyl (C=O) groups excluding carboxylic acids is 3. The molecule has 28 heavy (non-hydrogen) atoms. The Labute approximate surface area is 158 Å². The summed E-state index contributed by atoms with van der Waals surface area (Å²) in [5, 5.41) is 15.4. The van der Waals surface area contributed by atoms with Gasteiger partial charge in [0.05, 0.1) is 12.1 Å². The highest BCUT2D eigenvalue weighted by Crippen LogP contribution is 2.22. The molecule has 0 aliphatic rings. The second-order valence-corrected chi connectivity index (χ2v) is 6.24. The van der Waals surface area contributed by atoms with Crippen LogP contribution in [0.2, 0.25) is 0 Å². The summed E-state index contributed by atoms with van der Waals surface area (Å²) in [7, 11) is 0. The van der Waals surface area contributed by atoms with E-state index in [4.69, 9.17) is 0 Å². The van der Waals surface area contributed by atoms with Crippen LogP contribution in [-0.4, -0.2) is 39.3 Å². The minimum atomic E-state index is -0.772. The molecule has 0 fully saturated rings. The van der Waals surface area contributed by atoms with E-state index < -0.39 is 11.9 Å². The Hall–Kier alpha value is -4.07. The van der Waals surface area contributed by atoms with Crippen molar-refractivity contribution in [3.05, 3.63) is 66.0 Å². The number of ketones is 1. The van der Waals surface area contributed by atoms with Crippen molar-refractivity contribution in [2.75, 3.05) is 6.54 Å². The Balaban J connectivity index is 1.40. The molecular weight excluding hydrogens is 360 g/mol. The average Bonchev–Trinajstić information content (AvgIpc) is 3.29. The number of benzene rings is 2. The number of urea groups is 1. The van der Waals surface area contributed by atoms with Crippen molar-refractivity contribution in [2.45, 2.75) is 0 Å². The van der Waals surface area contributed by atoms with E-state index in [-0.39, 0.29) is 23.6 Å². The molecule has 5 N–H and O–H groups in total. The first kappa shape index (κ1) is 17.3. The smallest absolute Gasteiger partial charge is 0.322 e. The number of Topliss-reactive ketones (excluding diaryl/α,β-unsaturated/α-hetero) is 1. The van der Waals surface area contributed by atoms with Gasteiger partial charge in [-0.25, -0.2) is 4.79 Å². The lowest BCUT2D eigenvalue weighted by Crippen LogP contribution is -2.41. The molecule has 0 spiro atoms. The van der Waals surface area contributed by atoms with Crippen LogP contribution in [0.1, 0.15) is 20.7 Å². The van der Waals surface area contributed by atoms with Crippen molar-refractivity contribution < 1.29 is 19.5 Å². The van der Waals surface area contributed by atoms with E-state index in [1.165, 1.54) is 18.3 Å². The number of H-pyrrole nitrogens is 2. The number of aromatic hydroxyl groups is 1. The van der Waals surface area contributed by atoms with Crippen molar-refractivity contribution in [3.63, 3.8) is 0 Å². The molecular formula is C20H16N4O4. The molecule has 2 aromatic carbocycles. The number of amides is 3. The highest BCUT2D eigenvalue weighted by atomic mass is 16.3. The molecule has 8 heteroatoms. The maximum absolute atomic E-state index is 12.4. The number of phenols is 1. The quantitative estimate of drug-likeness (QED) is 0.351. The average molecular weight is 376 g/mol. The standard InChI is InChI=1S/C20H16N4O4/c25-11-5-6-13-15(9-22-17(13)7-11)19(27)24-20(28)23-10-18(26)14-8-21-16-4-2-1-3-12(14)16/h1-9,21-22,25H,10H2,(H2,23,24,27,28). The molecule has 0 atom stereocenters. The molecule has 0 radical (unpaired) electrons. The number of nitrogens with one attached hydrogen (secondary N) is 4. The zero-order valence-electron chi connectivity index (χ0n) is 14.6. The molecule has 0 bridgehead atoms. The van der Waals surface area contributed by atoms with Gasteiger partial charge in [0.15, 0.2) is 5.78 Å². The van der Waals surface area contributed by atoms with E-state index >= 15 is 0 Å². The summed E-state index contributed by atoms with van der Waals surface area (Å²) in [5.41, 5.74) is 2.13. The van der Waals surface area contributed by atoms with Gasteiger partial charge in [-0.2, -0.15) is 0 Å². The minimum absolute atomic E-state index is 0.0647. The van der Waals surface area contributed by atoms with Crippen molar-refractivity contribution in [2.24, 2.45) is 0 Å². The van der Waals surface area contributed by atoms with Crippen molar-refractivity contribution in [3.8, 4) is 5.75 Å². The van der Waals surface area contributed by atoms with E-state index in [2.05, 4.69) is 20.6 Å². The van der Waals surface area contributed by atoms with Crippen LogP contribution in [0, 0.1) is 0 Å². The van der Waals surface area contributed by atoms with Crippen LogP contribution < -0.4 is 10.6 Å². The van der Waals surface area contributed by atoms with Gasteiger partial charge in [-0.15, -0.1) is 0 Å². The summed E-state index contributed by atoms with van der Waals surface area (Å²) in [5.74, 6) is -0.827. The SMILES string of the molecule is O=C(NCC(=O)c1c[nH]c2ccccc12)NC(=O)c1c[nH]c2cc(O)ccc12. The van der Waals surface area contributed by atoms with Crippen molar-refractivity contribution in [1.82, 2.24) is 20.6 Å². The Morgan fingerprint density at radius 2 is 1.61 bits per heavy atom. The lowest BCUT2D eigenvalue weighted by molar-refractivity contribution is 0.0953. The van der Waals surface area contributed by atoms with Crippen molar-refractivity contribution in [1.29, 1.82) is 0 Å². The molecule has 0 saturated heterocycles. The monoisotopic (exact) mass is 376 g/mol. The lowest BCUT2D eigenvalue weighted by atomic mass is 10.1. The summed E-state index contributed by atoms with van der Waals surface area (Å²) in [6, 6.07) is 11.1. The molecule has 2 aromatic heterocycles. The summed E-state index contributed by atoms with van der Waals surface area (Å²) in [6.45, 7) is -0.247. The summed E-state index contributed by atoms with van der Waals surface area (Å²) in [4.78, 5) is 42.6. The van der Waals surface area contributed by atoms with Gasteiger partial charge >= 0.3 is 6.03 Å². The zero-order chi connectivity index (χ0) is 19.7. The predicted molar refractivity (Wildman–Crippen MR) is 103 cm³/mol. The first-order chi connectivity index (χ1) is 13.5. The van der Waals surface area contributed by atoms with Crippen LogP contribution in [0.15, 0.2) is 54.9 Å². The van der Waals surface area contributed by atoms with Gasteiger partial charge in [0, 0.05) is 45.8 Å². The molecule has 140 valence electrons. The van der Waals surface area contributed by atoms with Crippen LogP contribution >= 0.6 is 0 Å². The predicted octanol–water partition coefficient (Wildman–Crippen LogP) is 2.68. The van der Waals surface area contributed by atoms with Gasteiger partial charge in [-0.3, -0.25) is 14.9 Å². The fourth-order valence-corrected chi connectivity index (χ4v) is 3.07. The maximum atomic E-state index is 12.4. The van der Waals surface area contributed by atoms with E-state index in [1.54, 1.807) is 12.3 Å². The van der Waals surface area contributed by atoms with Crippen LogP contribution in [0.5, 0.6) is 5.75 Å². The lowest BCUT2D eigenvalue weighted by Gasteiger charge is -2.06. The maximum Gasteiger partial charge on any atom is 0.322 e. The largest absolute Gasteiger partial charge is 0.508 e. The number of phenolic OH excluding ortho intramolecular Hbond substituents is 1. The van der Waals surface area contributed by atoms with Crippen molar-refractivity contribution >= 4 is 39.5 Å². The van der Waals surface area contributed by atoms with E-state index in [0.29, 0.717) is 16.5 Å². The highest BCUT2D eigenvalue weighted by Gasteiger charge is 2.17. The molecule has 3 amide bonds. The van der Waals surface area contributed by atoms with Gasteiger partial charge in [0.25, 0.3) is 5.91 Å². The normalized spacial score (nSPS) is 10.9. The first-order valence-electron chi connectivity index (χ1n) is 8.51. The molecule has 8 nitrogen and oxygen atoms in total. The third-order valence-corrected chi connectivity index (χ3v) is 4.44. The fourth-order valence-electron chi connectivity index (χ4n) is 3.07. The number of hydrogen-bond donors (Lipinski definition) is 5. The summed E-state index contributed by atoms with van der Waals surface area (Å²) >= 11 is 0. The summed E-state index contributed by atoms with van der Waals surface area (Å²) < 4.78 is 0. The Morgan fingerprint density at radius 1 is 0.893 bits per heavy atom. The Morgan fingerprint density at radius 3 is 2.46 bits per heavy atom. The van der Waals surface area contributed by atoms with Gasteiger partial charge in [-0.05, 0) is 18.2 Å². The minimum Gasteiger partial charge on any atom is -0.508 e. The third kappa shape index (κ3) is 3.18. The van der Waals surface area contributed by atoms with E-state index in [9.17, 15) is 19.5 Å². The van der Waals surface area contributed by atoms with Crippen LogP contribution in [0.4, 0.5) is 4.79 Å².